The second kappa shape index (κ2) is 6.96. The van der Waals surface area contributed by atoms with Gasteiger partial charge in [0, 0.05) is 25.5 Å². The summed E-state index contributed by atoms with van der Waals surface area (Å²) in [7, 11) is 1.69. The summed E-state index contributed by atoms with van der Waals surface area (Å²) in [6.07, 6.45) is 0. The number of aryl methyl sites for hydroxylation is 1. The number of benzene rings is 2. The Balaban J connectivity index is 2.23. The van der Waals surface area contributed by atoms with Gasteiger partial charge in [-0.3, -0.25) is 0 Å². The first-order valence-electron chi connectivity index (χ1n) is 6.03. The number of rotatable bonds is 4. The minimum atomic E-state index is 0.698. The summed E-state index contributed by atoms with van der Waals surface area (Å²) in [6, 6.07) is 10.2. The van der Waals surface area contributed by atoms with Crippen LogP contribution in [-0.2, 0) is 6.54 Å². The van der Waals surface area contributed by atoms with Gasteiger partial charge in [0.15, 0.2) is 0 Å². The second-order valence-corrected chi connectivity index (χ2v) is 7.04. The van der Waals surface area contributed by atoms with Gasteiger partial charge in [0.05, 0.1) is 12.8 Å². The fraction of sp³-hybridized carbons (Fsp3) is 0.200. The Morgan fingerprint density at radius 2 is 1.70 bits per heavy atom. The van der Waals surface area contributed by atoms with Crippen LogP contribution in [0.25, 0.3) is 0 Å². The molecule has 0 bridgehead atoms. The Hall–Kier alpha value is -0.520. The first kappa shape index (κ1) is 15.9. The lowest BCUT2D eigenvalue weighted by Crippen LogP contribution is -2.03. The van der Waals surface area contributed by atoms with Crippen LogP contribution in [0.15, 0.2) is 43.7 Å². The third-order valence-electron chi connectivity index (χ3n) is 2.90. The maximum atomic E-state index is 5.40. The highest BCUT2D eigenvalue weighted by Crippen LogP contribution is 2.35. The van der Waals surface area contributed by atoms with Gasteiger partial charge in [-0.05, 0) is 57.0 Å². The van der Waals surface area contributed by atoms with Gasteiger partial charge in [-0.1, -0.05) is 33.6 Å². The largest absolute Gasteiger partial charge is 0.496 e. The van der Waals surface area contributed by atoms with Crippen molar-refractivity contribution in [2.24, 2.45) is 0 Å². The molecule has 2 nitrogen and oxygen atoms in total. The topological polar surface area (TPSA) is 21.3 Å². The van der Waals surface area contributed by atoms with Crippen LogP contribution in [0.1, 0.15) is 11.1 Å². The summed E-state index contributed by atoms with van der Waals surface area (Å²) in [5.74, 6) is 0.896. The zero-order valence-corrected chi connectivity index (χ0v) is 15.9. The van der Waals surface area contributed by atoms with Gasteiger partial charge in [-0.15, -0.1) is 0 Å². The van der Waals surface area contributed by atoms with E-state index in [2.05, 4.69) is 66.1 Å². The van der Waals surface area contributed by atoms with Gasteiger partial charge >= 0.3 is 0 Å². The number of hydrogen-bond acceptors (Lipinski definition) is 2. The Kier molecular flexibility index (Phi) is 5.52. The van der Waals surface area contributed by atoms with Crippen molar-refractivity contribution >= 4 is 53.5 Å². The fourth-order valence-corrected chi connectivity index (χ4v) is 4.48. The molecule has 5 heteroatoms. The minimum absolute atomic E-state index is 0.698. The molecular formula is C15H14Br3NO. The molecule has 2 rings (SSSR count). The maximum absolute atomic E-state index is 5.40. The summed E-state index contributed by atoms with van der Waals surface area (Å²) in [5.41, 5.74) is 3.38. The highest BCUT2D eigenvalue weighted by atomic mass is 79.9. The number of halogens is 3. The maximum Gasteiger partial charge on any atom is 0.123 e. The van der Waals surface area contributed by atoms with E-state index in [1.807, 2.05) is 24.3 Å². The van der Waals surface area contributed by atoms with E-state index >= 15 is 0 Å². The van der Waals surface area contributed by atoms with Crippen LogP contribution in [-0.4, -0.2) is 7.11 Å². The lowest BCUT2D eigenvalue weighted by molar-refractivity contribution is 0.410. The number of hydrogen-bond donors (Lipinski definition) is 1. The Morgan fingerprint density at radius 3 is 2.30 bits per heavy atom. The summed E-state index contributed by atoms with van der Waals surface area (Å²) in [6.45, 7) is 2.78. The fourth-order valence-electron chi connectivity index (χ4n) is 1.94. The molecule has 0 fully saturated rings. The standard InChI is InChI=1S/C15H14Br3NO/c1-9-3-4-14(20-2)10(5-9)8-19-15-12(17)6-11(16)7-13(15)18/h3-7,19H,8H2,1-2H3. The van der Waals surface area contributed by atoms with Gasteiger partial charge < -0.3 is 10.1 Å². The van der Waals surface area contributed by atoms with Crippen LogP contribution in [0, 0.1) is 6.92 Å². The molecule has 0 atom stereocenters. The minimum Gasteiger partial charge on any atom is -0.496 e. The molecule has 0 aromatic heterocycles. The van der Waals surface area contributed by atoms with Gasteiger partial charge in [-0.2, -0.15) is 0 Å². The lowest BCUT2D eigenvalue weighted by Gasteiger charge is -2.14. The third kappa shape index (κ3) is 3.77. The highest BCUT2D eigenvalue weighted by Gasteiger charge is 2.08. The van der Waals surface area contributed by atoms with Crippen molar-refractivity contribution in [1.29, 1.82) is 0 Å². The number of anilines is 1. The Bertz CT molecular complexity index is 606. The van der Waals surface area contributed by atoms with Crippen LogP contribution >= 0.6 is 47.8 Å². The highest BCUT2D eigenvalue weighted by molar-refractivity contribution is 9.11. The van der Waals surface area contributed by atoms with Crippen molar-refractivity contribution in [3.8, 4) is 5.75 Å². The van der Waals surface area contributed by atoms with Crippen molar-refractivity contribution in [2.45, 2.75) is 13.5 Å². The predicted molar refractivity (Wildman–Crippen MR) is 94.6 cm³/mol. The van der Waals surface area contributed by atoms with Gasteiger partial charge in [0.1, 0.15) is 5.75 Å². The second-order valence-electron chi connectivity index (χ2n) is 4.41. The predicted octanol–water partition coefficient (Wildman–Crippen LogP) is 5.90. The first-order chi connectivity index (χ1) is 9.51. The molecular weight excluding hydrogens is 450 g/mol. The van der Waals surface area contributed by atoms with Gasteiger partial charge in [0.2, 0.25) is 0 Å². The molecule has 0 amide bonds. The van der Waals surface area contributed by atoms with Gasteiger partial charge in [-0.25, -0.2) is 0 Å². The zero-order chi connectivity index (χ0) is 14.7. The molecule has 0 aliphatic carbocycles. The number of ether oxygens (including phenoxy) is 1. The zero-order valence-electron chi connectivity index (χ0n) is 11.1. The average Bonchev–Trinajstić information content (AvgIpc) is 2.37. The van der Waals surface area contributed by atoms with E-state index in [4.69, 9.17) is 4.74 Å². The average molecular weight is 464 g/mol. The van der Waals surface area contributed by atoms with Crippen LogP contribution in [0.5, 0.6) is 5.75 Å². The molecule has 0 radical (unpaired) electrons. The molecule has 106 valence electrons. The lowest BCUT2D eigenvalue weighted by atomic mass is 10.1. The molecule has 0 heterocycles. The number of methoxy groups -OCH3 is 1. The molecule has 0 spiro atoms. The van der Waals surface area contributed by atoms with Crippen molar-refractivity contribution < 1.29 is 4.74 Å². The molecule has 20 heavy (non-hydrogen) atoms. The van der Waals surface area contributed by atoms with E-state index < -0.39 is 0 Å². The van der Waals surface area contributed by atoms with Crippen molar-refractivity contribution in [3.63, 3.8) is 0 Å². The monoisotopic (exact) mass is 461 g/mol. The summed E-state index contributed by atoms with van der Waals surface area (Å²) in [4.78, 5) is 0. The molecule has 2 aromatic rings. The molecule has 0 aliphatic rings. The summed E-state index contributed by atoms with van der Waals surface area (Å²) in [5, 5.41) is 3.43. The quantitative estimate of drug-likeness (QED) is 0.609. The van der Waals surface area contributed by atoms with Crippen LogP contribution in [0.4, 0.5) is 5.69 Å². The SMILES string of the molecule is COc1ccc(C)cc1CNc1c(Br)cc(Br)cc1Br. The Morgan fingerprint density at radius 1 is 1.05 bits per heavy atom. The van der Waals surface area contributed by atoms with E-state index in [0.717, 1.165) is 30.4 Å². The van der Waals surface area contributed by atoms with Crippen molar-refractivity contribution in [3.05, 3.63) is 54.9 Å². The van der Waals surface area contributed by atoms with Crippen LogP contribution in [0.3, 0.4) is 0 Å². The molecule has 2 aromatic carbocycles. The molecule has 0 saturated carbocycles. The Labute approximate surface area is 144 Å². The van der Waals surface area contributed by atoms with Gasteiger partial charge in [0.25, 0.3) is 0 Å². The van der Waals surface area contributed by atoms with E-state index in [9.17, 15) is 0 Å². The molecule has 0 aliphatic heterocycles. The van der Waals surface area contributed by atoms with Crippen molar-refractivity contribution in [2.75, 3.05) is 12.4 Å². The number of nitrogens with one attached hydrogen (secondary N) is 1. The third-order valence-corrected chi connectivity index (χ3v) is 4.61. The normalized spacial score (nSPS) is 10.4. The van der Waals surface area contributed by atoms with E-state index in [0.29, 0.717) is 6.54 Å². The van der Waals surface area contributed by atoms with E-state index in [1.54, 1.807) is 7.11 Å². The van der Waals surface area contributed by atoms with E-state index in [-0.39, 0.29) is 0 Å². The molecule has 0 saturated heterocycles. The molecule has 1 N–H and O–H groups in total. The van der Waals surface area contributed by atoms with Crippen LogP contribution in [0.2, 0.25) is 0 Å². The smallest absolute Gasteiger partial charge is 0.123 e. The van der Waals surface area contributed by atoms with Crippen LogP contribution < -0.4 is 10.1 Å². The summed E-state index contributed by atoms with van der Waals surface area (Å²) >= 11 is 10.6. The first-order valence-corrected chi connectivity index (χ1v) is 8.41. The summed E-state index contributed by atoms with van der Waals surface area (Å²) < 4.78 is 8.43. The van der Waals surface area contributed by atoms with Crippen molar-refractivity contribution in [1.82, 2.24) is 0 Å². The molecule has 0 unspecified atom stereocenters. The van der Waals surface area contributed by atoms with E-state index in [1.165, 1.54) is 5.56 Å².